The summed E-state index contributed by atoms with van der Waals surface area (Å²) in [6, 6.07) is 2.61. The number of hydrogen-bond acceptors (Lipinski definition) is 3. The van der Waals surface area contributed by atoms with Gasteiger partial charge in [0.2, 0.25) is 0 Å². The fraction of sp³-hybridized carbons (Fsp3) is 0.200. The number of nitrogens with one attached hydrogen (secondary N) is 1. The van der Waals surface area contributed by atoms with Crippen molar-refractivity contribution in [2.75, 3.05) is 6.61 Å². The minimum Gasteiger partial charge on any atom is -0.462 e. The fourth-order valence-corrected chi connectivity index (χ4v) is 1.38. The van der Waals surface area contributed by atoms with Crippen LogP contribution in [0.3, 0.4) is 0 Å². The smallest absolute Gasteiger partial charge is 0.340 e. The molecule has 78 valence electrons. The van der Waals surface area contributed by atoms with Crippen LogP contribution in [0.2, 0.25) is 0 Å². The largest absolute Gasteiger partial charge is 0.462 e. The normalized spacial score (nSPS) is 10.5. The molecule has 0 fully saturated rings. The number of halogens is 1. The van der Waals surface area contributed by atoms with Crippen LogP contribution < -0.4 is 0 Å². The summed E-state index contributed by atoms with van der Waals surface area (Å²) in [7, 11) is 0. The molecule has 1 aromatic carbocycles. The summed E-state index contributed by atoms with van der Waals surface area (Å²) in [5, 5.41) is 6.56. The minimum absolute atomic E-state index is 0.284. The third kappa shape index (κ3) is 1.56. The standard InChI is InChI=1S/C10H9FN2O2/c1-2-15-10(14)6-3-4-8(11)7-5-12-13-9(6)7/h3-5H,2H2,1H3,(H,12,13). The van der Waals surface area contributed by atoms with Gasteiger partial charge in [0.15, 0.2) is 0 Å². The van der Waals surface area contributed by atoms with Gasteiger partial charge in [0.1, 0.15) is 5.82 Å². The number of aromatic nitrogens is 2. The molecule has 0 spiro atoms. The highest BCUT2D eigenvalue weighted by molar-refractivity contribution is 6.02. The van der Waals surface area contributed by atoms with Crippen LogP contribution in [-0.4, -0.2) is 22.8 Å². The molecule has 0 radical (unpaired) electrons. The van der Waals surface area contributed by atoms with Crippen LogP contribution in [0.25, 0.3) is 10.9 Å². The summed E-state index contributed by atoms with van der Waals surface area (Å²) >= 11 is 0. The number of aromatic amines is 1. The Morgan fingerprint density at radius 2 is 2.40 bits per heavy atom. The van der Waals surface area contributed by atoms with Gasteiger partial charge in [0.05, 0.1) is 29.3 Å². The van der Waals surface area contributed by atoms with Crippen LogP contribution in [0.1, 0.15) is 17.3 Å². The van der Waals surface area contributed by atoms with E-state index in [2.05, 4.69) is 10.2 Å². The van der Waals surface area contributed by atoms with Crippen molar-refractivity contribution in [3.8, 4) is 0 Å². The van der Waals surface area contributed by atoms with E-state index in [1.54, 1.807) is 6.92 Å². The lowest BCUT2D eigenvalue weighted by Gasteiger charge is -2.02. The maximum Gasteiger partial charge on any atom is 0.340 e. The van der Waals surface area contributed by atoms with Gasteiger partial charge in [-0.2, -0.15) is 5.10 Å². The number of fused-ring (bicyclic) bond motifs is 1. The summed E-state index contributed by atoms with van der Waals surface area (Å²) in [5.41, 5.74) is 0.666. The number of ether oxygens (including phenoxy) is 1. The van der Waals surface area contributed by atoms with Crippen molar-refractivity contribution >= 4 is 16.9 Å². The van der Waals surface area contributed by atoms with E-state index in [0.717, 1.165) is 0 Å². The van der Waals surface area contributed by atoms with Crippen molar-refractivity contribution in [2.45, 2.75) is 6.92 Å². The molecule has 0 aliphatic heterocycles. The minimum atomic E-state index is -0.480. The summed E-state index contributed by atoms with van der Waals surface area (Å²) < 4.78 is 18.1. The Balaban J connectivity index is 2.57. The van der Waals surface area contributed by atoms with E-state index in [9.17, 15) is 9.18 Å². The molecule has 4 nitrogen and oxygen atoms in total. The molecule has 0 aliphatic carbocycles. The highest BCUT2D eigenvalue weighted by atomic mass is 19.1. The van der Waals surface area contributed by atoms with Gasteiger partial charge in [-0.05, 0) is 19.1 Å². The molecule has 1 heterocycles. The van der Waals surface area contributed by atoms with E-state index in [0.29, 0.717) is 16.5 Å². The van der Waals surface area contributed by atoms with Crippen LogP contribution in [0.5, 0.6) is 0 Å². The Morgan fingerprint density at radius 3 is 3.13 bits per heavy atom. The molecule has 5 heteroatoms. The summed E-state index contributed by atoms with van der Waals surface area (Å²) in [6.07, 6.45) is 1.34. The molecule has 2 rings (SSSR count). The predicted molar refractivity (Wildman–Crippen MR) is 52.0 cm³/mol. The summed E-state index contributed by atoms with van der Waals surface area (Å²) in [5.74, 6) is -0.890. The molecule has 0 saturated heterocycles. The number of carbonyl (C=O) groups is 1. The van der Waals surface area contributed by atoms with E-state index >= 15 is 0 Å². The quantitative estimate of drug-likeness (QED) is 0.766. The zero-order valence-electron chi connectivity index (χ0n) is 8.08. The van der Waals surface area contributed by atoms with E-state index in [1.807, 2.05) is 0 Å². The van der Waals surface area contributed by atoms with Gasteiger partial charge >= 0.3 is 5.97 Å². The van der Waals surface area contributed by atoms with Crippen molar-refractivity contribution in [2.24, 2.45) is 0 Å². The first-order valence-electron chi connectivity index (χ1n) is 4.52. The Morgan fingerprint density at radius 1 is 1.60 bits per heavy atom. The molecule has 15 heavy (non-hydrogen) atoms. The zero-order chi connectivity index (χ0) is 10.8. The maximum absolute atomic E-state index is 13.2. The van der Waals surface area contributed by atoms with E-state index in [-0.39, 0.29) is 6.61 Å². The van der Waals surface area contributed by atoms with Crippen molar-refractivity contribution in [3.63, 3.8) is 0 Å². The first kappa shape index (κ1) is 9.64. The first-order valence-corrected chi connectivity index (χ1v) is 4.52. The Hall–Kier alpha value is -1.91. The van der Waals surface area contributed by atoms with E-state index in [1.165, 1.54) is 18.3 Å². The molecule has 0 bridgehead atoms. The molecule has 0 amide bonds. The highest BCUT2D eigenvalue weighted by Crippen LogP contribution is 2.19. The zero-order valence-corrected chi connectivity index (χ0v) is 8.08. The van der Waals surface area contributed by atoms with Gasteiger partial charge in [-0.25, -0.2) is 9.18 Å². The number of benzene rings is 1. The number of carbonyl (C=O) groups excluding carboxylic acids is 1. The van der Waals surface area contributed by atoms with Crippen molar-refractivity contribution < 1.29 is 13.9 Å². The van der Waals surface area contributed by atoms with Gasteiger partial charge in [-0.3, -0.25) is 5.10 Å². The van der Waals surface area contributed by atoms with Crippen LogP contribution >= 0.6 is 0 Å². The van der Waals surface area contributed by atoms with Crippen LogP contribution in [0.15, 0.2) is 18.3 Å². The van der Waals surface area contributed by atoms with Crippen LogP contribution in [-0.2, 0) is 4.74 Å². The second kappa shape index (κ2) is 3.68. The summed E-state index contributed by atoms with van der Waals surface area (Å²) in [4.78, 5) is 11.5. The highest BCUT2D eigenvalue weighted by Gasteiger charge is 2.14. The van der Waals surface area contributed by atoms with Gasteiger partial charge in [-0.15, -0.1) is 0 Å². The Bertz CT molecular complexity index is 507. The molecule has 2 aromatic rings. The summed E-state index contributed by atoms with van der Waals surface area (Å²) in [6.45, 7) is 2.00. The Kier molecular flexibility index (Phi) is 2.37. The molecule has 0 aliphatic rings. The molecule has 0 unspecified atom stereocenters. The topological polar surface area (TPSA) is 55.0 Å². The van der Waals surface area contributed by atoms with Crippen molar-refractivity contribution in [1.82, 2.24) is 10.2 Å². The van der Waals surface area contributed by atoms with Crippen LogP contribution in [0.4, 0.5) is 4.39 Å². The SMILES string of the molecule is CCOC(=O)c1ccc(F)c2cn[nH]c12. The molecule has 1 aromatic heterocycles. The van der Waals surface area contributed by atoms with E-state index in [4.69, 9.17) is 4.74 Å². The lowest BCUT2D eigenvalue weighted by Crippen LogP contribution is -2.05. The Labute approximate surface area is 85.0 Å². The average molecular weight is 208 g/mol. The molecule has 0 atom stereocenters. The molecule has 0 saturated carbocycles. The number of hydrogen-bond donors (Lipinski definition) is 1. The fourth-order valence-electron chi connectivity index (χ4n) is 1.38. The lowest BCUT2D eigenvalue weighted by atomic mass is 10.1. The lowest BCUT2D eigenvalue weighted by molar-refractivity contribution is 0.0528. The number of rotatable bonds is 2. The van der Waals surface area contributed by atoms with Crippen molar-refractivity contribution in [3.05, 3.63) is 29.7 Å². The number of H-pyrrole nitrogens is 1. The monoisotopic (exact) mass is 208 g/mol. The molecular formula is C10H9FN2O2. The predicted octanol–water partition coefficient (Wildman–Crippen LogP) is 1.88. The number of esters is 1. The first-order chi connectivity index (χ1) is 7.24. The van der Waals surface area contributed by atoms with E-state index < -0.39 is 11.8 Å². The second-order valence-corrected chi connectivity index (χ2v) is 2.97. The third-order valence-corrected chi connectivity index (χ3v) is 2.06. The second-order valence-electron chi connectivity index (χ2n) is 2.97. The van der Waals surface area contributed by atoms with Gasteiger partial charge < -0.3 is 4.74 Å². The van der Waals surface area contributed by atoms with Crippen molar-refractivity contribution in [1.29, 1.82) is 0 Å². The maximum atomic E-state index is 13.2. The van der Waals surface area contributed by atoms with Gasteiger partial charge in [0.25, 0.3) is 0 Å². The van der Waals surface area contributed by atoms with Gasteiger partial charge in [-0.1, -0.05) is 0 Å². The van der Waals surface area contributed by atoms with Gasteiger partial charge in [0, 0.05) is 0 Å². The third-order valence-electron chi connectivity index (χ3n) is 2.06. The molecular weight excluding hydrogens is 199 g/mol. The number of nitrogens with zero attached hydrogens (tertiary/aromatic N) is 1. The van der Waals surface area contributed by atoms with Crippen LogP contribution in [0, 0.1) is 5.82 Å². The average Bonchev–Trinajstić information content (AvgIpc) is 2.68. The molecule has 1 N–H and O–H groups in total.